The minimum Gasteiger partial charge on any atom is -0.379 e. The van der Waals surface area contributed by atoms with Crippen LogP contribution in [0.1, 0.15) is 26.5 Å². The highest BCUT2D eigenvalue weighted by Crippen LogP contribution is 2.24. The molecule has 1 aliphatic heterocycles. The van der Waals surface area contributed by atoms with Gasteiger partial charge in [0, 0.05) is 25.2 Å². The number of ether oxygens (including phenoxy) is 1. The summed E-state index contributed by atoms with van der Waals surface area (Å²) in [5.74, 6) is -0.421. The molecule has 0 saturated carbocycles. The number of halogens is 1. The second kappa shape index (κ2) is 9.85. The van der Waals surface area contributed by atoms with Crippen molar-refractivity contribution >= 4 is 40.4 Å². The lowest BCUT2D eigenvalue weighted by Gasteiger charge is -2.26. The van der Waals surface area contributed by atoms with Gasteiger partial charge in [-0.3, -0.25) is 14.5 Å². The number of nitrogens with zero attached hydrogens (tertiary/aromatic N) is 1. The Kier molecular flexibility index (Phi) is 7.23. The molecule has 0 atom stereocenters. The van der Waals surface area contributed by atoms with Crippen LogP contribution < -0.4 is 10.6 Å². The van der Waals surface area contributed by atoms with E-state index in [1.807, 2.05) is 11.4 Å². The summed E-state index contributed by atoms with van der Waals surface area (Å²) in [6.07, 6.45) is 0.876. The normalized spacial score (nSPS) is 14.7. The van der Waals surface area contributed by atoms with Gasteiger partial charge in [0.1, 0.15) is 0 Å². The molecule has 0 radical (unpaired) electrons. The van der Waals surface area contributed by atoms with Crippen LogP contribution in [0.5, 0.6) is 0 Å². The molecule has 3 rings (SSSR count). The van der Waals surface area contributed by atoms with E-state index in [0.717, 1.165) is 39.3 Å². The summed E-state index contributed by atoms with van der Waals surface area (Å²) in [6, 6.07) is 8.42. The second-order valence-electron chi connectivity index (χ2n) is 6.19. The van der Waals surface area contributed by atoms with Crippen molar-refractivity contribution in [3.05, 3.63) is 51.2 Å². The Morgan fingerprint density at radius 3 is 2.74 bits per heavy atom. The first-order valence-corrected chi connectivity index (χ1v) is 10.1. The average Bonchev–Trinajstić information content (AvgIpc) is 3.22. The van der Waals surface area contributed by atoms with Crippen molar-refractivity contribution in [2.45, 2.75) is 6.42 Å². The standard InChI is InChI=1S/C19H22ClN3O3S/c20-15-5-4-14(13-16(15)22-19(25)17-3-1-12-27-17)18(24)21-6-2-7-23-8-10-26-11-9-23/h1,3-5,12-13H,2,6-11H2,(H,21,24)(H,22,25). The topological polar surface area (TPSA) is 70.7 Å². The lowest BCUT2D eigenvalue weighted by atomic mass is 10.2. The van der Waals surface area contributed by atoms with Crippen LogP contribution in [-0.2, 0) is 4.74 Å². The van der Waals surface area contributed by atoms with Crippen LogP contribution in [0.15, 0.2) is 35.7 Å². The Balaban J connectivity index is 1.51. The number of hydrogen-bond acceptors (Lipinski definition) is 5. The fourth-order valence-corrected chi connectivity index (χ4v) is 3.57. The molecule has 8 heteroatoms. The van der Waals surface area contributed by atoms with Gasteiger partial charge >= 0.3 is 0 Å². The Hall–Kier alpha value is -1.93. The van der Waals surface area contributed by atoms with Crippen LogP contribution in [0.25, 0.3) is 0 Å². The molecule has 1 saturated heterocycles. The molecule has 0 bridgehead atoms. The highest BCUT2D eigenvalue weighted by molar-refractivity contribution is 7.12. The summed E-state index contributed by atoms with van der Waals surface area (Å²) in [7, 11) is 0. The summed E-state index contributed by atoms with van der Waals surface area (Å²) >= 11 is 7.51. The molecular formula is C19H22ClN3O3S. The Morgan fingerprint density at radius 2 is 2.00 bits per heavy atom. The minimum absolute atomic E-state index is 0.180. The number of carbonyl (C=O) groups is 2. The molecule has 1 aliphatic rings. The van der Waals surface area contributed by atoms with Crippen LogP contribution in [0.2, 0.25) is 5.02 Å². The average molecular weight is 408 g/mol. The zero-order valence-electron chi connectivity index (χ0n) is 14.9. The number of morpholine rings is 1. The predicted molar refractivity (Wildman–Crippen MR) is 108 cm³/mol. The van der Waals surface area contributed by atoms with Crippen molar-refractivity contribution in [3.63, 3.8) is 0 Å². The molecule has 1 fully saturated rings. The van der Waals surface area contributed by atoms with Crippen LogP contribution in [-0.4, -0.2) is 56.1 Å². The molecule has 2 N–H and O–H groups in total. The van der Waals surface area contributed by atoms with E-state index in [0.29, 0.717) is 27.7 Å². The zero-order valence-corrected chi connectivity index (χ0v) is 16.4. The molecule has 2 aromatic rings. The van der Waals surface area contributed by atoms with Gasteiger partial charge in [0.05, 0.1) is 28.8 Å². The maximum atomic E-state index is 12.4. The predicted octanol–water partition coefficient (Wildman–Crippen LogP) is 3.11. The minimum atomic E-state index is -0.241. The summed E-state index contributed by atoms with van der Waals surface area (Å²) in [5.41, 5.74) is 0.892. The highest BCUT2D eigenvalue weighted by Gasteiger charge is 2.13. The third kappa shape index (κ3) is 5.77. The Labute approximate surface area is 167 Å². The number of thiophene rings is 1. The van der Waals surface area contributed by atoms with Gasteiger partial charge in [-0.2, -0.15) is 0 Å². The van der Waals surface area contributed by atoms with Crippen molar-refractivity contribution in [3.8, 4) is 0 Å². The van der Waals surface area contributed by atoms with Crippen LogP contribution in [0, 0.1) is 0 Å². The number of anilines is 1. The maximum Gasteiger partial charge on any atom is 0.265 e. The maximum absolute atomic E-state index is 12.4. The monoisotopic (exact) mass is 407 g/mol. The second-order valence-corrected chi connectivity index (χ2v) is 7.54. The molecule has 1 aromatic carbocycles. The number of amides is 2. The molecule has 0 unspecified atom stereocenters. The van der Waals surface area contributed by atoms with E-state index in [1.54, 1.807) is 24.3 Å². The number of hydrogen-bond donors (Lipinski definition) is 2. The van der Waals surface area contributed by atoms with E-state index in [1.165, 1.54) is 11.3 Å². The lowest BCUT2D eigenvalue weighted by molar-refractivity contribution is 0.0374. The first-order valence-electron chi connectivity index (χ1n) is 8.86. The zero-order chi connectivity index (χ0) is 19.1. The first kappa shape index (κ1) is 19.8. The molecule has 0 spiro atoms. The number of benzene rings is 1. The van der Waals surface area contributed by atoms with Crippen molar-refractivity contribution in [2.24, 2.45) is 0 Å². The Morgan fingerprint density at radius 1 is 1.19 bits per heavy atom. The van der Waals surface area contributed by atoms with Crippen LogP contribution in [0.3, 0.4) is 0 Å². The van der Waals surface area contributed by atoms with Gasteiger partial charge in [-0.1, -0.05) is 17.7 Å². The van der Waals surface area contributed by atoms with Crippen molar-refractivity contribution in [1.29, 1.82) is 0 Å². The van der Waals surface area contributed by atoms with Crippen molar-refractivity contribution < 1.29 is 14.3 Å². The number of carbonyl (C=O) groups excluding carboxylic acids is 2. The quantitative estimate of drug-likeness (QED) is 0.692. The van der Waals surface area contributed by atoms with Gasteiger partial charge in [-0.25, -0.2) is 0 Å². The highest BCUT2D eigenvalue weighted by atomic mass is 35.5. The van der Waals surface area contributed by atoms with Gasteiger partial charge < -0.3 is 15.4 Å². The van der Waals surface area contributed by atoms with Gasteiger partial charge in [0.2, 0.25) is 0 Å². The molecule has 1 aromatic heterocycles. The molecule has 6 nitrogen and oxygen atoms in total. The fourth-order valence-electron chi connectivity index (χ4n) is 2.79. The number of rotatable bonds is 7. The van der Waals surface area contributed by atoms with Gasteiger partial charge in [-0.05, 0) is 42.6 Å². The first-order chi connectivity index (χ1) is 13.1. The summed E-state index contributed by atoms with van der Waals surface area (Å²) in [5, 5.41) is 7.90. The molecule has 144 valence electrons. The summed E-state index contributed by atoms with van der Waals surface area (Å²) < 4.78 is 5.32. The molecule has 2 amide bonds. The third-order valence-corrected chi connectivity index (χ3v) is 5.46. The van der Waals surface area contributed by atoms with E-state index < -0.39 is 0 Å². The van der Waals surface area contributed by atoms with Crippen LogP contribution in [0.4, 0.5) is 5.69 Å². The molecule has 0 aliphatic carbocycles. The lowest BCUT2D eigenvalue weighted by Crippen LogP contribution is -2.38. The van der Waals surface area contributed by atoms with Gasteiger partial charge in [0.15, 0.2) is 0 Å². The fraction of sp³-hybridized carbons (Fsp3) is 0.368. The van der Waals surface area contributed by atoms with Crippen LogP contribution >= 0.6 is 22.9 Å². The Bertz CT molecular complexity index is 777. The largest absolute Gasteiger partial charge is 0.379 e. The van der Waals surface area contributed by atoms with Crippen molar-refractivity contribution in [1.82, 2.24) is 10.2 Å². The SMILES string of the molecule is O=C(NCCCN1CCOCC1)c1ccc(Cl)c(NC(=O)c2cccs2)c1. The van der Waals surface area contributed by atoms with Crippen molar-refractivity contribution in [2.75, 3.05) is 44.7 Å². The summed E-state index contributed by atoms with van der Waals surface area (Å²) in [6.45, 7) is 4.97. The summed E-state index contributed by atoms with van der Waals surface area (Å²) in [4.78, 5) is 27.5. The van der Waals surface area contributed by atoms with E-state index in [4.69, 9.17) is 16.3 Å². The van der Waals surface area contributed by atoms with E-state index in [9.17, 15) is 9.59 Å². The van der Waals surface area contributed by atoms with E-state index in [2.05, 4.69) is 15.5 Å². The molecule has 27 heavy (non-hydrogen) atoms. The number of nitrogens with one attached hydrogen (secondary N) is 2. The smallest absolute Gasteiger partial charge is 0.265 e. The molecule has 2 heterocycles. The third-order valence-electron chi connectivity index (χ3n) is 4.26. The van der Waals surface area contributed by atoms with E-state index in [-0.39, 0.29) is 11.8 Å². The van der Waals surface area contributed by atoms with Gasteiger partial charge in [-0.15, -0.1) is 11.3 Å². The van der Waals surface area contributed by atoms with E-state index >= 15 is 0 Å². The van der Waals surface area contributed by atoms with Gasteiger partial charge in [0.25, 0.3) is 11.8 Å². The molecular weight excluding hydrogens is 386 g/mol.